The summed E-state index contributed by atoms with van der Waals surface area (Å²) in [6.45, 7) is 3.95. The van der Waals surface area contributed by atoms with Crippen LogP contribution in [0.1, 0.15) is 24.5 Å². The summed E-state index contributed by atoms with van der Waals surface area (Å²) in [6.07, 6.45) is 1.06. The molecular formula is C14H17BrFNO2. The Morgan fingerprint density at radius 2 is 2.32 bits per heavy atom. The van der Waals surface area contributed by atoms with Gasteiger partial charge in [0.1, 0.15) is 5.82 Å². The second-order valence-electron chi connectivity index (χ2n) is 4.54. The number of benzene rings is 1. The largest absolute Gasteiger partial charge is 0.381 e. The molecule has 1 aromatic rings. The number of halogens is 2. The third kappa shape index (κ3) is 3.54. The number of nitrogens with zero attached hydrogens (tertiary/aromatic N) is 1. The van der Waals surface area contributed by atoms with Crippen LogP contribution in [-0.2, 0) is 22.5 Å². The Labute approximate surface area is 120 Å². The van der Waals surface area contributed by atoms with Gasteiger partial charge in [-0.15, -0.1) is 0 Å². The number of carbonyl (C=O) groups is 1. The summed E-state index contributed by atoms with van der Waals surface area (Å²) in [5.74, 6) is -0.215. The van der Waals surface area contributed by atoms with Crippen LogP contribution in [0.3, 0.4) is 0 Å². The molecule has 1 aliphatic rings. The highest BCUT2D eigenvalue weighted by Gasteiger charge is 2.23. The molecule has 0 spiro atoms. The normalized spacial score (nSPS) is 14.4. The van der Waals surface area contributed by atoms with E-state index in [0.29, 0.717) is 44.7 Å². The van der Waals surface area contributed by atoms with Crippen LogP contribution in [0.5, 0.6) is 0 Å². The van der Waals surface area contributed by atoms with Crippen molar-refractivity contribution in [2.75, 3.05) is 19.8 Å². The quantitative estimate of drug-likeness (QED) is 0.795. The van der Waals surface area contributed by atoms with E-state index in [2.05, 4.69) is 15.9 Å². The first-order valence-electron chi connectivity index (χ1n) is 6.44. The second kappa shape index (κ2) is 6.48. The van der Waals surface area contributed by atoms with Gasteiger partial charge in [0, 0.05) is 29.7 Å². The molecule has 1 amide bonds. The van der Waals surface area contributed by atoms with Crippen molar-refractivity contribution >= 4 is 21.8 Å². The monoisotopic (exact) mass is 329 g/mol. The van der Waals surface area contributed by atoms with Crippen molar-refractivity contribution in [2.45, 2.75) is 26.3 Å². The van der Waals surface area contributed by atoms with E-state index in [1.54, 1.807) is 4.90 Å². The average molecular weight is 330 g/mol. The SMILES string of the molecule is CCOCCC(=O)N1CCc2cc(Br)cc(F)c2C1. The van der Waals surface area contributed by atoms with E-state index in [0.717, 1.165) is 10.0 Å². The van der Waals surface area contributed by atoms with Crippen molar-refractivity contribution in [3.63, 3.8) is 0 Å². The first-order valence-corrected chi connectivity index (χ1v) is 7.23. The van der Waals surface area contributed by atoms with Crippen molar-refractivity contribution in [3.8, 4) is 0 Å². The molecule has 19 heavy (non-hydrogen) atoms. The Bertz CT molecular complexity index is 479. The van der Waals surface area contributed by atoms with Gasteiger partial charge in [0.2, 0.25) is 5.91 Å². The fraction of sp³-hybridized carbons (Fsp3) is 0.500. The van der Waals surface area contributed by atoms with Crippen molar-refractivity contribution in [3.05, 3.63) is 33.5 Å². The molecule has 2 rings (SSSR count). The van der Waals surface area contributed by atoms with Gasteiger partial charge in [0.15, 0.2) is 0 Å². The number of fused-ring (bicyclic) bond motifs is 1. The highest BCUT2D eigenvalue weighted by atomic mass is 79.9. The summed E-state index contributed by atoms with van der Waals surface area (Å²) in [7, 11) is 0. The molecule has 0 saturated carbocycles. The first kappa shape index (κ1) is 14.5. The third-order valence-corrected chi connectivity index (χ3v) is 3.73. The smallest absolute Gasteiger partial charge is 0.225 e. The maximum absolute atomic E-state index is 13.9. The summed E-state index contributed by atoms with van der Waals surface area (Å²) >= 11 is 3.29. The zero-order chi connectivity index (χ0) is 13.8. The van der Waals surface area contributed by atoms with Gasteiger partial charge < -0.3 is 9.64 Å². The predicted molar refractivity (Wildman–Crippen MR) is 74.3 cm³/mol. The van der Waals surface area contributed by atoms with Crippen LogP contribution >= 0.6 is 15.9 Å². The zero-order valence-corrected chi connectivity index (χ0v) is 12.5. The van der Waals surface area contributed by atoms with Gasteiger partial charge in [-0.05, 0) is 31.0 Å². The number of ether oxygens (including phenoxy) is 1. The van der Waals surface area contributed by atoms with Gasteiger partial charge in [0.25, 0.3) is 0 Å². The zero-order valence-electron chi connectivity index (χ0n) is 10.9. The van der Waals surface area contributed by atoms with Crippen LogP contribution in [0.25, 0.3) is 0 Å². The van der Waals surface area contributed by atoms with Crippen molar-refractivity contribution in [1.82, 2.24) is 4.90 Å². The molecule has 1 aromatic carbocycles. The standard InChI is InChI=1S/C14H17BrFNO2/c1-2-19-6-4-14(18)17-5-3-10-7-11(15)8-13(16)12(10)9-17/h7-8H,2-6,9H2,1H3. The highest BCUT2D eigenvalue weighted by molar-refractivity contribution is 9.10. The van der Waals surface area contributed by atoms with Crippen LogP contribution in [-0.4, -0.2) is 30.6 Å². The minimum absolute atomic E-state index is 0.0291. The Kier molecular flexibility index (Phi) is 4.93. The van der Waals surface area contributed by atoms with Gasteiger partial charge >= 0.3 is 0 Å². The summed E-state index contributed by atoms with van der Waals surface area (Å²) < 4.78 is 19.8. The summed E-state index contributed by atoms with van der Waals surface area (Å²) in [4.78, 5) is 13.7. The molecule has 0 saturated heterocycles. The molecule has 0 N–H and O–H groups in total. The first-order chi connectivity index (χ1) is 9.11. The molecule has 104 valence electrons. The van der Waals surface area contributed by atoms with Gasteiger partial charge in [-0.1, -0.05) is 15.9 Å². The van der Waals surface area contributed by atoms with Crippen molar-refractivity contribution in [2.24, 2.45) is 0 Å². The Hall–Kier alpha value is -0.940. The molecule has 0 aliphatic carbocycles. The van der Waals surface area contributed by atoms with Crippen molar-refractivity contribution < 1.29 is 13.9 Å². The van der Waals surface area contributed by atoms with Crippen molar-refractivity contribution in [1.29, 1.82) is 0 Å². The fourth-order valence-corrected chi connectivity index (χ4v) is 2.73. The van der Waals surface area contributed by atoms with Gasteiger partial charge in [-0.3, -0.25) is 4.79 Å². The number of hydrogen-bond donors (Lipinski definition) is 0. The maximum Gasteiger partial charge on any atom is 0.225 e. The lowest BCUT2D eigenvalue weighted by Gasteiger charge is -2.29. The Morgan fingerprint density at radius 3 is 3.05 bits per heavy atom. The van der Waals surface area contributed by atoms with E-state index in [9.17, 15) is 9.18 Å². The minimum atomic E-state index is -0.244. The fourth-order valence-electron chi connectivity index (χ4n) is 2.26. The molecule has 0 fully saturated rings. The molecule has 5 heteroatoms. The van der Waals surface area contributed by atoms with Gasteiger partial charge in [0.05, 0.1) is 13.0 Å². The van der Waals surface area contributed by atoms with Crippen LogP contribution < -0.4 is 0 Å². The number of carbonyl (C=O) groups excluding carboxylic acids is 1. The van der Waals surface area contributed by atoms with Gasteiger partial charge in [-0.25, -0.2) is 4.39 Å². The van der Waals surface area contributed by atoms with Crippen LogP contribution in [0, 0.1) is 5.82 Å². The third-order valence-electron chi connectivity index (χ3n) is 3.27. The Balaban J connectivity index is 2.03. The molecule has 3 nitrogen and oxygen atoms in total. The van der Waals surface area contributed by atoms with Crippen LogP contribution in [0.2, 0.25) is 0 Å². The van der Waals surface area contributed by atoms with Crippen LogP contribution in [0.4, 0.5) is 4.39 Å². The number of hydrogen-bond acceptors (Lipinski definition) is 2. The molecule has 0 aromatic heterocycles. The lowest BCUT2D eigenvalue weighted by atomic mass is 9.99. The molecule has 0 atom stereocenters. The summed E-state index contributed by atoms with van der Waals surface area (Å²) in [6, 6.07) is 3.38. The van der Waals surface area contributed by atoms with Crippen LogP contribution in [0.15, 0.2) is 16.6 Å². The second-order valence-corrected chi connectivity index (χ2v) is 5.45. The van der Waals surface area contributed by atoms with E-state index in [1.165, 1.54) is 6.07 Å². The van der Waals surface area contributed by atoms with E-state index >= 15 is 0 Å². The average Bonchev–Trinajstić information content (AvgIpc) is 2.38. The lowest BCUT2D eigenvalue weighted by Crippen LogP contribution is -2.36. The molecule has 1 aliphatic heterocycles. The number of amides is 1. The van der Waals surface area contributed by atoms with E-state index < -0.39 is 0 Å². The van der Waals surface area contributed by atoms with Gasteiger partial charge in [-0.2, -0.15) is 0 Å². The predicted octanol–water partition coefficient (Wildman–Crippen LogP) is 2.90. The van der Waals surface area contributed by atoms with E-state index in [-0.39, 0.29) is 11.7 Å². The molecule has 0 bridgehead atoms. The highest BCUT2D eigenvalue weighted by Crippen LogP contribution is 2.26. The lowest BCUT2D eigenvalue weighted by molar-refractivity contribution is -0.133. The minimum Gasteiger partial charge on any atom is -0.381 e. The molecular weight excluding hydrogens is 313 g/mol. The van der Waals surface area contributed by atoms with E-state index in [4.69, 9.17) is 4.74 Å². The summed E-state index contributed by atoms with van der Waals surface area (Å²) in [5, 5.41) is 0. The summed E-state index contributed by atoms with van der Waals surface area (Å²) in [5.41, 5.74) is 1.62. The topological polar surface area (TPSA) is 29.5 Å². The number of rotatable bonds is 4. The molecule has 0 radical (unpaired) electrons. The van der Waals surface area contributed by atoms with E-state index in [1.807, 2.05) is 13.0 Å². The molecule has 0 unspecified atom stereocenters. The Morgan fingerprint density at radius 1 is 1.53 bits per heavy atom. The molecule has 1 heterocycles. The maximum atomic E-state index is 13.9.